The minimum atomic E-state index is -0.195. The first-order valence-electron chi connectivity index (χ1n) is 7.78. The molecule has 20 heavy (non-hydrogen) atoms. The van der Waals surface area contributed by atoms with E-state index in [4.69, 9.17) is 0 Å². The Kier molecular flexibility index (Phi) is 3.91. The van der Waals surface area contributed by atoms with Gasteiger partial charge in [0.2, 0.25) is 0 Å². The van der Waals surface area contributed by atoms with Crippen LogP contribution in [-0.2, 0) is 6.54 Å². The van der Waals surface area contributed by atoms with Gasteiger partial charge in [0.15, 0.2) is 0 Å². The number of hydrogen-bond acceptors (Lipinski definition) is 4. The molecule has 0 bridgehead atoms. The van der Waals surface area contributed by atoms with Gasteiger partial charge in [0, 0.05) is 30.1 Å². The third-order valence-corrected chi connectivity index (χ3v) is 5.80. The van der Waals surface area contributed by atoms with Crippen LogP contribution in [0.15, 0.2) is 6.20 Å². The zero-order valence-corrected chi connectivity index (χ0v) is 13.6. The number of nitrogens with zero attached hydrogens (tertiary/aromatic N) is 2. The molecule has 2 atom stereocenters. The van der Waals surface area contributed by atoms with E-state index in [0.717, 1.165) is 32.0 Å². The predicted octanol–water partition coefficient (Wildman–Crippen LogP) is 3.25. The molecular weight excluding hydrogens is 268 g/mol. The van der Waals surface area contributed by atoms with Crippen LogP contribution >= 0.6 is 11.3 Å². The Morgan fingerprint density at radius 2 is 2.10 bits per heavy atom. The van der Waals surface area contributed by atoms with Crippen LogP contribution in [0.4, 0.5) is 0 Å². The summed E-state index contributed by atoms with van der Waals surface area (Å²) in [4.78, 5) is 8.29. The zero-order valence-electron chi connectivity index (χ0n) is 12.8. The van der Waals surface area contributed by atoms with E-state index >= 15 is 0 Å². The Labute approximate surface area is 126 Å². The van der Waals surface area contributed by atoms with Gasteiger partial charge in [-0.1, -0.05) is 20.8 Å². The van der Waals surface area contributed by atoms with Gasteiger partial charge >= 0.3 is 0 Å². The summed E-state index contributed by atoms with van der Waals surface area (Å²) in [5, 5.41) is 11.7. The maximum absolute atomic E-state index is 10.4. The number of aliphatic hydroxyl groups is 1. The molecule has 2 unspecified atom stereocenters. The Balaban J connectivity index is 1.56. The molecule has 1 saturated carbocycles. The molecule has 1 aliphatic heterocycles. The SMILES string of the molecule is CC(C)(C)C1CCN(Cc2cnc(C3CC3)s2)CC1O. The van der Waals surface area contributed by atoms with Crippen molar-refractivity contribution >= 4 is 11.3 Å². The first-order chi connectivity index (χ1) is 9.43. The summed E-state index contributed by atoms with van der Waals surface area (Å²) in [5.41, 5.74) is 0.204. The summed E-state index contributed by atoms with van der Waals surface area (Å²) < 4.78 is 0. The smallest absolute Gasteiger partial charge is 0.0959 e. The second-order valence-corrected chi connectivity index (χ2v) is 8.65. The fourth-order valence-electron chi connectivity index (χ4n) is 3.29. The molecule has 3 nitrogen and oxygen atoms in total. The molecule has 1 saturated heterocycles. The standard InChI is InChI=1S/C16H26N2OS/c1-16(2,3)13-6-7-18(10-14(13)19)9-12-8-17-15(20-12)11-4-5-11/h8,11,13-14,19H,4-7,9-10H2,1-3H3. The molecule has 0 radical (unpaired) electrons. The van der Waals surface area contributed by atoms with E-state index in [9.17, 15) is 5.11 Å². The van der Waals surface area contributed by atoms with Crippen molar-refractivity contribution in [3.8, 4) is 0 Å². The molecule has 0 aromatic carbocycles. The number of thiazole rings is 1. The van der Waals surface area contributed by atoms with E-state index in [1.165, 1.54) is 22.7 Å². The van der Waals surface area contributed by atoms with Gasteiger partial charge in [0.25, 0.3) is 0 Å². The molecule has 4 heteroatoms. The Bertz CT molecular complexity index is 461. The summed E-state index contributed by atoms with van der Waals surface area (Å²) >= 11 is 1.87. The van der Waals surface area contributed by atoms with Gasteiger partial charge in [-0.15, -0.1) is 11.3 Å². The molecule has 2 heterocycles. The summed E-state index contributed by atoms with van der Waals surface area (Å²) in [6, 6.07) is 0. The zero-order chi connectivity index (χ0) is 14.3. The van der Waals surface area contributed by atoms with Crippen LogP contribution in [-0.4, -0.2) is 34.2 Å². The number of β-amino-alcohol motifs (C(OH)–C–C–N with tert-alkyl or cyclic N) is 1. The number of piperidine rings is 1. The molecule has 2 fully saturated rings. The topological polar surface area (TPSA) is 36.4 Å². The van der Waals surface area contributed by atoms with Gasteiger partial charge in [-0.3, -0.25) is 4.90 Å². The van der Waals surface area contributed by atoms with Crippen LogP contribution in [0.5, 0.6) is 0 Å². The highest BCUT2D eigenvalue weighted by Gasteiger charge is 2.35. The van der Waals surface area contributed by atoms with Crippen molar-refractivity contribution in [3.05, 3.63) is 16.1 Å². The molecule has 1 aromatic heterocycles. The average molecular weight is 294 g/mol. The predicted molar refractivity (Wildman–Crippen MR) is 82.9 cm³/mol. The number of aromatic nitrogens is 1. The van der Waals surface area contributed by atoms with Crippen LogP contribution in [0.25, 0.3) is 0 Å². The largest absolute Gasteiger partial charge is 0.391 e. The van der Waals surface area contributed by atoms with E-state index in [2.05, 4.69) is 30.7 Å². The second kappa shape index (κ2) is 5.39. The lowest BCUT2D eigenvalue weighted by atomic mass is 9.74. The molecule has 112 valence electrons. The van der Waals surface area contributed by atoms with E-state index in [0.29, 0.717) is 5.92 Å². The maximum Gasteiger partial charge on any atom is 0.0959 e. The lowest BCUT2D eigenvalue weighted by Crippen LogP contribution is -2.47. The third kappa shape index (κ3) is 3.23. The van der Waals surface area contributed by atoms with Crippen molar-refractivity contribution in [2.75, 3.05) is 13.1 Å². The normalized spacial score (nSPS) is 28.8. The first kappa shape index (κ1) is 14.5. The fraction of sp³-hybridized carbons (Fsp3) is 0.812. The highest BCUT2D eigenvalue weighted by molar-refractivity contribution is 7.11. The van der Waals surface area contributed by atoms with E-state index in [-0.39, 0.29) is 11.5 Å². The van der Waals surface area contributed by atoms with Crippen molar-refractivity contribution in [3.63, 3.8) is 0 Å². The Morgan fingerprint density at radius 3 is 2.70 bits per heavy atom. The van der Waals surface area contributed by atoms with Crippen LogP contribution in [0.1, 0.15) is 55.8 Å². The van der Waals surface area contributed by atoms with Gasteiger partial charge in [0.05, 0.1) is 11.1 Å². The van der Waals surface area contributed by atoms with Crippen molar-refractivity contribution < 1.29 is 5.11 Å². The van der Waals surface area contributed by atoms with Gasteiger partial charge in [-0.2, -0.15) is 0 Å². The van der Waals surface area contributed by atoms with Gasteiger partial charge in [0.1, 0.15) is 0 Å². The minimum Gasteiger partial charge on any atom is -0.391 e. The number of rotatable bonds is 3. The Hall–Kier alpha value is -0.450. The summed E-state index contributed by atoms with van der Waals surface area (Å²) in [6.45, 7) is 9.57. The van der Waals surface area contributed by atoms with Crippen LogP contribution in [0, 0.1) is 11.3 Å². The van der Waals surface area contributed by atoms with Crippen LogP contribution in [0.3, 0.4) is 0 Å². The molecule has 3 rings (SSSR count). The molecule has 1 N–H and O–H groups in total. The van der Waals surface area contributed by atoms with Crippen molar-refractivity contribution in [2.45, 2.75) is 58.6 Å². The maximum atomic E-state index is 10.4. The summed E-state index contributed by atoms with van der Waals surface area (Å²) in [6.07, 6.45) is 5.59. The average Bonchev–Trinajstić information content (AvgIpc) is 3.09. The monoisotopic (exact) mass is 294 g/mol. The van der Waals surface area contributed by atoms with Gasteiger partial charge < -0.3 is 5.11 Å². The minimum absolute atomic E-state index is 0.195. The Morgan fingerprint density at radius 1 is 1.35 bits per heavy atom. The molecular formula is C16H26N2OS. The molecule has 1 aliphatic carbocycles. The fourth-order valence-corrected chi connectivity index (χ4v) is 4.41. The molecule has 0 spiro atoms. The quantitative estimate of drug-likeness (QED) is 0.929. The van der Waals surface area contributed by atoms with Gasteiger partial charge in [-0.05, 0) is 37.1 Å². The highest BCUT2D eigenvalue weighted by atomic mass is 32.1. The van der Waals surface area contributed by atoms with Crippen molar-refractivity contribution in [1.29, 1.82) is 0 Å². The lowest BCUT2D eigenvalue weighted by Gasteiger charge is -2.42. The second-order valence-electron chi connectivity index (χ2n) is 7.50. The summed E-state index contributed by atoms with van der Waals surface area (Å²) in [7, 11) is 0. The highest BCUT2D eigenvalue weighted by Crippen LogP contribution is 2.42. The van der Waals surface area contributed by atoms with Gasteiger partial charge in [-0.25, -0.2) is 4.98 Å². The van der Waals surface area contributed by atoms with E-state index in [1.807, 2.05) is 17.5 Å². The van der Waals surface area contributed by atoms with Crippen molar-refractivity contribution in [1.82, 2.24) is 9.88 Å². The number of likely N-dealkylation sites (tertiary alicyclic amines) is 1. The summed E-state index contributed by atoms with van der Waals surface area (Å²) in [5.74, 6) is 1.17. The molecule has 2 aliphatic rings. The van der Waals surface area contributed by atoms with Crippen LogP contribution < -0.4 is 0 Å². The molecule has 0 amide bonds. The third-order valence-electron chi connectivity index (χ3n) is 4.66. The van der Waals surface area contributed by atoms with E-state index < -0.39 is 0 Å². The van der Waals surface area contributed by atoms with Crippen LogP contribution in [0.2, 0.25) is 0 Å². The lowest BCUT2D eigenvalue weighted by molar-refractivity contribution is -0.0262. The molecule has 1 aromatic rings. The first-order valence-corrected chi connectivity index (χ1v) is 8.60. The van der Waals surface area contributed by atoms with Crippen molar-refractivity contribution in [2.24, 2.45) is 11.3 Å². The van der Waals surface area contributed by atoms with E-state index in [1.54, 1.807) is 0 Å². The number of aliphatic hydroxyl groups excluding tert-OH is 1. The number of hydrogen-bond donors (Lipinski definition) is 1.